The average molecular weight is 615 g/mol. The highest BCUT2D eigenvalue weighted by atomic mass is 35.5. The van der Waals surface area contributed by atoms with E-state index >= 15 is 0 Å². The molecule has 1 saturated heterocycles. The monoisotopic (exact) mass is 614 g/mol. The van der Waals surface area contributed by atoms with Crippen molar-refractivity contribution in [1.29, 1.82) is 0 Å². The van der Waals surface area contributed by atoms with Gasteiger partial charge < -0.3 is 25.4 Å². The van der Waals surface area contributed by atoms with Crippen molar-refractivity contribution in [3.8, 4) is 17.1 Å². The summed E-state index contributed by atoms with van der Waals surface area (Å²) in [4.78, 5) is 22.8. The Morgan fingerprint density at radius 2 is 1.88 bits per heavy atom. The van der Waals surface area contributed by atoms with Crippen LogP contribution in [0.1, 0.15) is 18.4 Å². The molecule has 1 aliphatic rings. The number of nitrogens with zero attached hydrogens (tertiary/aromatic N) is 4. The van der Waals surface area contributed by atoms with Crippen LogP contribution in [0.4, 0.5) is 23.5 Å². The molecule has 3 heterocycles. The number of nitrogens with one attached hydrogen (secondary N) is 2. The van der Waals surface area contributed by atoms with Crippen molar-refractivity contribution in [2.24, 2.45) is 5.92 Å². The molecule has 0 saturated carbocycles. The van der Waals surface area contributed by atoms with Crippen LogP contribution in [-0.2, 0) is 17.9 Å². The molecule has 0 bridgehead atoms. The SMILES string of the molecule is O=C(O)C(F)(F)F.Oc1ccc(CNc2ncc3nc(-c4c(Cl)cccc4Cl)n(CC4CCCNC4)c3n2)cc1F. The lowest BCUT2D eigenvalue weighted by atomic mass is 9.99. The summed E-state index contributed by atoms with van der Waals surface area (Å²) in [5.74, 6) is -2.35. The van der Waals surface area contributed by atoms with Gasteiger partial charge in [-0.25, -0.2) is 19.2 Å². The fraction of sp³-hybridized carbons (Fsp3) is 0.308. The zero-order chi connectivity index (χ0) is 29.7. The minimum absolute atomic E-state index is 0.298. The van der Waals surface area contributed by atoms with Crippen LogP contribution in [0.2, 0.25) is 10.0 Å². The van der Waals surface area contributed by atoms with E-state index in [1.807, 2.05) is 0 Å². The molecule has 0 aliphatic carbocycles. The molecule has 218 valence electrons. The first-order valence-electron chi connectivity index (χ1n) is 12.3. The molecule has 1 unspecified atom stereocenters. The quantitative estimate of drug-likeness (QED) is 0.198. The number of hydrogen-bond donors (Lipinski definition) is 4. The van der Waals surface area contributed by atoms with E-state index in [4.69, 9.17) is 43.1 Å². The van der Waals surface area contributed by atoms with Gasteiger partial charge in [0.1, 0.15) is 11.3 Å². The molecule has 15 heteroatoms. The van der Waals surface area contributed by atoms with Crippen LogP contribution < -0.4 is 10.6 Å². The standard InChI is InChI=1S/C24H23Cl2FN6O.C2HF3O2/c25-16-4-1-5-17(26)21(16)23-31-19-12-30-24(29-11-14-6-7-20(34)18(27)9-14)32-22(19)33(23)13-15-3-2-8-28-10-15;3-2(4,5)1(6)7/h1,4-7,9,12,15,28,34H,2-3,8,10-11,13H2,(H,29,30,32);(H,6,7). The third kappa shape index (κ3) is 7.54. The Hall–Kier alpha value is -3.68. The Balaban J connectivity index is 0.000000493. The van der Waals surface area contributed by atoms with E-state index in [2.05, 4.69) is 20.2 Å². The fourth-order valence-corrected chi connectivity index (χ4v) is 4.83. The van der Waals surface area contributed by atoms with Gasteiger partial charge in [-0.05, 0) is 61.7 Å². The molecule has 0 radical (unpaired) electrons. The number of anilines is 1. The first kappa shape index (κ1) is 30.3. The number of imidazole rings is 1. The first-order valence-corrected chi connectivity index (χ1v) is 13.1. The number of aliphatic carboxylic acids is 1. The van der Waals surface area contributed by atoms with Crippen molar-refractivity contribution < 1.29 is 32.6 Å². The molecule has 1 atom stereocenters. The van der Waals surface area contributed by atoms with Gasteiger partial charge in [-0.1, -0.05) is 35.3 Å². The average Bonchev–Trinajstić information content (AvgIpc) is 3.26. The van der Waals surface area contributed by atoms with Crippen LogP contribution in [0.5, 0.6) is 5.75 Å². The molecule has 4 aromatic rings. The van der Waals surface area contributed by atoms with E-state index in [1.165, 1.54) is 12.1 Å². The highest BCUT2D eigenvalue weighted by Gasteiger charge is 2.38. The number of hydrogen-bond acceptors (Lipinski definition) is 7. The number of rotatable bonds is 6. The van der Waals surface area contributed by atoms with E-state index in [-0.39, 0.29) is 5.75 Å². The molecule has 0 spiro atoms. The molecule has 41 heavy (non-hydrogen) atoms. The van der Waals surface area contributed by atoms with E-state index in [0.717, 1.165) is 25.9 Å². The molecule has 9 nitrogen and oxygen atoms in total. The van der Waals surface area contributed by atoms with E-state index in [1.54, 1.807) is 30.5 Å². The number of phenols is 1. The number of halogens is 6. The van der Waals surface area contributed by atoms with E-state index < -0.39 is 18.0 Å². The van der Waals surface area contributed by atoms with Crippen LogP contribution in [0.3, 0.4) is 0 Å². The van der Waals surface area contributed by atoms with Crippen LogP contribution in [0.15, 0.2) is 42.6 Å². The largest absolute Gasteiger partial charge is 0.505 e. The summed E-state index contributed by atoms with van der Waals surface area (Å²) >= 11 is 13.1. The van der Waals surface area contributed by atoms with Gasteiger partial charge in [0, 0.05) is 13.1 Å². The maximum absolute atomic E-state index is 13.7. The van der Waals surface area contributed by atoms with E-state index in [0.29, 0.717) is 63.1 Å². The highest BCUT2D eigenvalue weighted by molar-refractivity contribution is 6.39. The summed E-state index contributed by atoms with van der Waals surface area (Å²) in [6, 6.07) is 9.64. The Labute approximate surface area is 241 Å². The molecule has 0 amide bonds. The third-order valence-corrected chi connectivity index (χ3v) is 6.85. The molecule has 4 N–H and O–H groups in total. The van der Waals surface area contributed by atoms with Gasteiger partial charge in [0.2, 0.25) is 5.95 Å². The van der Waals surface area contributed by atoms with Crippen LogP contribution in [0.25, 0.3) is 22.6 Å². The normalized spacial score (nSPS) is 15.3. The summed E-state index contributed by atoms with van der Waals surface area (Å²) in [6.45, 7) is 2.95. The first-order chi connectivity index (χ1) is 19.4. The summed E-state index contributed by atoms with van der Waals surface area (Å²) in [6.07, 6.45) is -1.21. The van der Waals surface area contributed by atoms with Gasteiger partial charge in [0.25, 0.3) is 0 Å². The maximum Gasteiger partial charge on any atom is 0.490 e. The molecule has 1 fully saturated rings. The van der Waals surface area contributed by atoms with Crippen molar-refractivity contribution >= 4 is 46.3 Å². The Morgan fingerprint density at radius 3 is 2.49 bits per heavy atom. The summed E-state index contributed by atoms with van der Waals surface area (Å²) in [5, 5.41) is 24.1. The van der Waals surface area contributed by atoms with Crippen molar-refractivity contribution in [1.82, 2.24) is 24.8 Å². The Kier molecular flexibility index (Phi) is 9.51. The lowest BCUT2D eigenvalue weighted by Crippen LogP contribution is -2.32. The summed E-state index contributed by atoms with van der Waals surface area (Å²) in [5.41, 5.74) is 2.63. The number of piperidine rings is 1. The predicted molar refractivity (Wildman–Crippen MR) is 145 cm³/mol. The number of benzene rings is 2. The second-order valence-corrected chi connectivity index (χ2v) is 10.0. The number of aromatic hydroxyl groups is 1. The molecular weight excluding hydrogens is 591 g/mol. The van der Waals surface area contributed by atoms with Crippen LogP contribution >= 0.6 is 23.2 Å². The van der Waals surface area contributed by atoms with Crippen LogP contribution in [0, 0.1) is 11.7 Å². The lowest BCUT2D eigenvalue weighted by molar-refractivity contribution is -0.192. The number of phenolic OH excluding ortho intramolecular Hbond substituents is 1. The zero-order valence-electron chi connectivity index (χ0n) is 21.2. The topological polar surface area (TPSA) is 125 Å². The number of fused-ring (bicyclic) bond motifs is 1. The Bertz CT molecular complexity index is 1520. The molecule has 2 aromatic carbocycles. The fourth-order valence-electron chi connectivity index (χ4n) is 4.26. The van der Waals surface area contributed by atoms with Gasteiger partial charge in [0.15, 0.2) is 17.2 Å². The third-order valence-electron chi connectivity index (χ3n) is 6.22. The van der Waals surface area contributed by atoms with Crippen molar-refractivity contribution in [2.75, 3.05) is 18.4 Å². The smallest absolute Gasteiger partial charge is 0.490 e. The number of aromatic nitrogens is 4. The molecule has 5 rings (SSSR count). The number of carbonyl (C=O) groups is 1. The predicted octanol–water partition coefficient (Wildman–Crippen LogP) is 5.89. The maximum atomic E-state index is 13.7. The van der Waals surface area contributed by atoms with Gasteiger partial charge in [-0.2, -0.15) is 18.2 Å². The minimum Gasteiger partial charge on any atom is -0.505 e. The van der Waals surface area contributed by atoms with Gasteiger partial charge in [-0.3, -0.25) is 0 Å². The second kappa shape index (κ2) is 12.9. The zero-order valence-corrected chi connectivity index (χ0v) is 22.7. The molecular formula is C26H24Cl2F4N6O3. The van der Waals surface area contributed by atoms with Crippen molar-refractivity contribution in [2.45, 2.75) is 32.1 Å². The second-order valence-electron chi connectivity index (χ2n) is 9.20. The lowest BCUT2D eigenvalue weighted by Gasteiger charge is -2.24. The van der Waals surface area contributed by atoms with Gasteiger partial charge in [0.05, 0.1) is 21.8 Å². The molecule has 2 aromatic heterocycles. The minimum atomic E-state index is -5.08. The van der Waals surface area contributed by atoms with Crippen molar-refractivity contribution in [3.63, 3.8) is 0 Å². The van der Waals surface area contributed by atoms with Crippen LogP contribution in [-0.4, -0.2) is 55.0 Å². The summed E-state index contributed by atoms with van der Waals surface area (Å²) in [7, 11) is 0. The summed E-state index contributed by atoms with van der Waals surface area (Å²) < 4.78 is 47.5. The molecule has 1 aliphatic heterocycles. The Morgan fingerprint density at radius 1 is 1.17 bits per heavy atom. The van der Waals surface area contributed by atoms with E-state index in [9.17, 15) is 22.7 Å². The number of carboxylic acids is 1. The van der Waals surface area contributed by atoms with Gasteiger partial charge in [-0.15, -0.1) is 0 Å². The number of carboxylic acid groups (broad SMARTS) is 1. The number of alkyl halides is 3. The van der Waals surface area contributed by atoms with Gasteiger partial charge >= 0.3 is 12.1 Å². The highest BCUT2D eigenvalue weighted by Crippen LogP contribution is 2.36. The van der Waals surface area contributed by atoms with Crippen molar-refractivity contribution in [3.05, 3.63) is 64.0 Å².